The Bertz CT molecular complexity index is 1890. The molecule has 1 aromatic heterocycles. The predicted octanol–water partition coefficient (Wildman–Crippen LogP) is 8.26. The van der Waals surface area contributed by atoms with Gasteiger partial charge in [-0.1, -0.05) is 51.3 Å². The maximum Gasteiger partial charge on any atom is 0.343 e. The molecular weight excluding hydrogens is 666 g/mol. The van der Waals surface area contributed by atoms with Gasteiger partial charge in [0.1, 0.15) is 4.88 Å². The number of carbonyl (C=O) groups is 3. The van der Waals surface area contributed by atoms with Crippen LogP contribution in [-0.4, -0.2) is 30.6 Å². The maximum atomic E-state index is 12.9. The van der Waals surface area contributed by atoms with Gasteiger partial charge in [-0.25, -0.2) is 10.2 Å². The molecule has 4 aromatic carbocycles. The Morgan fingerprint density at radius 3 is 2.36 bits per heavy atom. The first-order chi connectivity index (χ1) is 21.2. The van der Waals surface area contributed by atoms with E-state index in [1.54, 1.807) is 54.6 Å². The summed E-state index contributed by atoms with van der Waals surface area (Å²) in [6, 6.07) is 24.1. The largest absolute Gasteiger partial charge is 0.490 e. The fraction of sp³-hybridized carbons (Fsp3) is 0.0909. The monoisotopic (exact) mass is 689 g/mol. The highest BCUT2D eigenvalue weighted by molar-refractivity contribution is 9.10. The number of fused-ring (bicyclic) bond motifs is 1. The molecule has 0 bridgehead atoms. The average molecular weight is 691 g/mol. The number of anilines is 1. The van der Waals surface area contributed by atoms with Gasteiger partial charge in [-0.3, -0.25) is 9.59 Å². The molecule has 2 amide bonds. The number of aryl methyl sites for hydroxylation is 1. The summed E-state index contributed by atoms with van der Waals surface area (Å²) in [5.41, 5.74) is 5.42. The van der Waals surface area contributed by atoms with Crippen molar-refractivity contribution in [3.05, 3.63) is 122 Å². The van der Waals surface area contributed by atoms with E-state index in [1.807, 2.05) is 44.2 Å². The van der Waals surface area contributed by atoms with Gasteiger partial charge in [0.25, 0.3) is 11.8 Å². The molecule has 0 saturated heterocycles. The standard InChI is InChI=1S/C33H25BrClN3O5S/c1-3-42-27-16-20(6-15-26(27)43-33(41)22-7-4-19(2)5-8-22)18-36-38-31(39)21-9-12-24(13-10-21)37-32(40)30-29(35)25-14-11-23(34)17-28(25)44-30/h4-18H,3H2,1-2H3,(H,37,40)(H,38,39)/b36-18-. The molecule has 44 heavy (non-hydrogen) atoms. The molecule has 0 atom stereocenters. The second kappa shape index (κ2) is 13.9. The molecule has 0 saturated carbocycles. The van der Waals surface area contributed by atoms with Gasteiger partial charge in [0.05, 0.1) is 23.4 Å². The Hall–Kier alpha value is -4.51. The zero-order valence-corrected chi connectivity index (χ0v) is 26.7. The molecule has 222 valence electrons. The predicted molar refractivity (Wildman–Crippen MR) is 178 cm³/mol. The summed E-state index contributed by atoms with van der Waals surface area (Å²) in [6.07, 6.45) is 1.45. The zero-order valence-electron chi connectivity index (χ0n) is 23.5. The van der Waals surface area contributed by atoms with Crippen molar-refractivity contribution >= 4 is 78.6 Å². The van der Waals surface area contributed by atoms with Crippen LogP contribution in [0.5, 0.6) is 11.5 Å². The fourth-order valence-corrected chi connectivity index (χ4v) is 6.08. The number of amides is 2. The molecule has 0 aliphatic rings. The molecule has 0 fully saturated rings. The van der Waals surface area contributed by atoms with Crippen molar-refractivity contribution in [2.45, 2.75) is 13.8 Å². The summed E-state index contributed by atoms with van der Waals surface area (Å²) in [4.78, 5) is 38.5. The topological polar surface area (TPSA) is 106 Å². The van der Waals surface area contributed by atoms with E-state index in [2.05, 4.69) is 31.8 Å². The van der Waals surface area contributed by atoms with Crippen molar-refractivity contribution in [1.29, 1.82) is 0 Å². The summed E-state index contributed by atoms with van der Waals surface area (Å²) < 4.78 is 13.0. The quantitative estimate of drug-likeness (QED) is 0.0701. The van der Waals surface area contributed by atoms with Crippen LogP contribution in [-0.2, 0) is 0 Å². The fourth-order valence-electron chi connectivity index (χ4n) is 4.11. The van der Waals surface area contributed by atoms with Crippen LogP contribution in [0.25, 0.3) is 10.1 Å². The van der Waals surface area contributed by atoms with E-state index < -0.39 is 11.9 Å². The Kier molecular flexibility index (Phi) is 9.74. The van der Waals surface area contributed by atoms with Crippen molar-refractivity contribution in [1.82, 2.24) is 5.43 Å². The van der Waals surface area contributed by atoms with Crippen molar-refractivity contribution in [3.63, 3.8) is 0 Å². The number of hydrazone groups is 1. The summed E-state index contributed by atoms with van der Waals surface area (Å²) in [6.45, 7) is 4.12. The van der Waals surface area contributed by atoms with Gasteiger partial charge in [-0.15, -0.1) is 11.3 Å². The number of hydrogen-bond acceptors (Lipinski definition) is 7. The lowest BCUT2D eigenvalue weighted by Gasteiger charge is -2.11. The molecule has 0 aliphatic heterocycles. The second-order valence-corrected chi connectivity index (χ2v) is 11.9. The molecule has 1 heterocycles. The van der Waals surface area contributed by atoms with E-state index in [9.17, 15) is 14.4 Å². The lowest BCUT2D eigenvalue weighted by Crippen LogP contribution is -2.17. The van der Waals surface area contributed by atoms with Crippen LogP contribution < -0.4 is 20.2 Å². The number of carbonyl (C=O) groups excluding carboxylic acids is 3. The van der Waals surface area contributed by atoms with Crippen molar-refractivity contribution in [2.24, 2.45) is 5.10 Å². The van der Waals surface area contributed by atoms with Crippen LogP contribution in [0.1, 0.15) is 48.4 Å². The number of esters is 1. The number of nitrogens with zero attached hydrogens (tertiary/aromatic N) is 1. The highest BCUT2D eigenvalue weighted by Crippen LogP contribution is 2.37. The summed E-state index contributed by atoms with van der Waals surface area (Å²) in [5.74, 6) is -0.635. The van der Waals surface area contributed by atoms with Gasteiger partial charge >= 0.3 is 5.97 Å². The molecule has 8 nitrogen and oxygen atoms in total. The minimum absolute atomic E-state index is 0.272. The summed E-state index contributed by atoms with van der Waals surface area (Å²) >= 11 is 11.2. The lowest BCUT2D eigenvalue weighted by molar-refractivity contribution is 0.0728. The van der Waals surface area contributed by atoms with Gasteiger partial charge in [-0.05, 0) is 86.1 Å². The third-order valence-electron chi connectivity index (χ3n) is 6.34. The van der Waals surface area contributed by atoms with Crippen LogP contribution in [0.3, 0.4) is 0 Å². The first kappa shape index (κ1) is 30.9. The van der Waals surface area contributed by atoms with Crippen LogP contribution in [0.15, 0.2) is 94.5 Å². The number of benzene rings is 4. The van der Waals surface area contributed by atoms with Crippen molar-refractivity contribution < 1.29 is 23.9 Å². The van der Waals surface area contributed by atoms with Crippen LogP contribution in [0.4, 0.5) is 5.69 Å². The number of nitrogens with one attached hydrogen (secondary N) is 2. The molecule has 0 spiro atoms. The highest BCUT2D eigenvalue weighted by atomic mass is 79.9. The van der Waals surface area contributed by atoms with E-state index in [1.165, 1.54) is 17.6 Å². The van der Waals surface area contributed by atoms with Crippen LogP contribution >= 0.6 is 38.9 Å². The minimum Gasteiger partial charge on any atom is -0.490 e. The summed E-state index contributed by atoms with van der Waals surface area (Å²) in [5, 5.41) is 8.07. The minimum atomic E-state index is -0.498. The number of ether oxygens (including phenoxy) is 2. The van der Waals surface area contributed by atoms with E-state index in [4.69, 9.17) is 21.1 Å². The highest BCUT2D eigenvalue weighted by Gasteiger charge is 2.18. The second-order valence-electron chi connectivity index (χ2n) is 9.51. The van der Waals surface area contributed by atoms with E-state index in [0.717, 1.165) is 20.1 Å². The van der Waals surface area contributed by atoms with Gasteiger partial charge in [0.2, 0.25) is 0 Å². The molecule has 2 N–H and O–H groups in total. The van der Waals surface area contributed by atoms with E-state index in [0.29, 0.717) is 44.6 Å². The van der Waals surface area contributed by atoms with Gasteiger partial charge < -0.3 is 14.8 Å². The Morgan fingerprint density at radius 1 is 0.909 bits per heavy atom. The van der Waals surface area contributed by atoms with Gasteiger partial charge in [0.15, 0.2) is 11.5 Å². The molecule has 5 rings (SSSR count). The zero-order chi connectivity index (χ0) is 31.2. The number of rotatable bonds is 9. The van der Waals surface area contributed by atoms with E-state index in [-0.39, 0.29) is 11.7 Å². The average Bonchev–Trinajstić information content (AvgIpc) is 3.34. The number of halogens is 2. The molecule has 0 aliphatic carbocycles. The Labute approximate surface area is 270 Å². The molecule has 0 radical (unpaired) electrons. The molecular formula is C33H25BrClN3O5S. The third-order valence-corrected chi connectivity index (χ3v) is 8.49. The number of hydrogen-bond donors (Lipinski definition) is 2. The van der Waals surface area contributed by atoms with Crippen molar-refractivity contribution in [2.75, 3.05) is 11.9 Å². The SMILES string of the molecule is CCOc1cc(/C=N\NC(=O)c2ccc(NC(=O)c3sc4cc(Br)ccc4c3Cl)cc2)ccc1OC(=O)c1ccc(C)cc1. The Balaban J connectivity index is 1.19. The first-order valence-electron chi connectivity index (χ1n) is 13.4. The number of thiophene rings is 1. The molecule has 5 aromatic rings. The third kappa shape index (κ3) is 7.34. The normalized spacial score (nSPS) is 11.0. The maximum absolute atomic E-state index is 12.9. The van der Waals surface area contributed by atoms with Gasteiger partial charge in [0, 0.05) is 25.8 Å². The smallest absolute Gasteiger partial charge is 0.343 e. The first-order valence-corrected chi connectivity index (χ1v) is 15.4. The van der Waals surface area contributed by atoms with Crippen LogP contribution in [0, 0.1) is 6.92 Å². The van der Waals surface area contributed by atoms with Gasteiger partial charge in [-0.2, -0.15) is 5.10 Å². The lowest BCUT2D eigenvalue weighted by atomic mass is 10.1. The molecule has 11 heteroatoms. The van der Waals surface area contributed by atoms with Crippen LogP contribution in [0.2, 0.25) is 5.02 Å². The molecule has 0 unspecified atom stereocenters. The van der Waals surface area contributed by atoms with E-state index >= 15 is 0 Å². The Morgan fingerprint density at radius 2 is 1.64 bits per heavy atom. The summed E-state index contributed by atoms with van der Waals surface area (Å²) in [7, 11) is 0. The van der Waals surface area contributed by atoms with Crippen molar-refractivity contribution in [3.8, 4) is 11.5 Å².